The van der Waals surface area contributed by atoms with Crippen LogP contribution in [-0.2, 0) is 76.0 Å². The van der Waals surface area contributed by atoms with E-state index in [4.69, 9.17) is 61.6 Å². The summed E-state index contributed by atoms with van der Waals surface area (Å²) in [4.78, 5) is 65.1. The second-order valence-electron chi connectivity index (χ2n) is 25.1. The van der Waals surface area contributed by atoms with Gasteiger partial charge < -0.3 is 155 Å². The molecule has 1 aromatic carbocycles. The topological polar surface area (TPSA) is 528 Å². The number of hydrogen-bond acceptors (Lipinski definition) is 31. The average Bonchev–Trinajstić information content (AvgIpc) is 0.771. The van der Waals surface area contributed by atoms with E-state index in [1.807, 2.05) is 0 Å². The lowest BCUT2D eigenvalue weighted by atomic mass is 9.93. The molecule has 6 saturated heterocycles. The maximum atomic E-state index is 13.9. The van der Waals surface area contributed by atoms with Crippen molar-refractivity contribution in [3.63, 3.8) is 0 Å². The quantitative estimate of drug-likeness (QED) is 0.0251. The molecule has 6 aliphatic rings. The molecule has 1 aromatic rings. The lowest BCUT2D eigenvalue weighted by Gasteiger charge is -2.51. The Morgan fingerprint density at radius 3 is 1.35 bits per heavy atom. The van der Waals surface area contributed by atoms with Crippen LogP contribution in [0.2, 0.25) is 0 Å². The Hall–Kier alpha value is -5.07. The molecule has 0 spiro atoms. The average molecular weight is 1420 g/mol. The Morgan fingerprint density at radius 1 is 0.465 bits per heavy atom. The second-order valence-corrected chi connectivity index (χ2v) is 25.1. The number of nitrogens with one attached hydrogen (secondary N) is 5. The van der Waals surface area contributed by atoms with E-state index in [1.165, 1.54) is 26.2 Å². The van der Waals surface area contributed by atoms with Gasteiger partial charge in [-0.1, -0.05) is 32.3 Å². The zero-order chi connectivity index (χ0) is 72.5. The maximum Gasteiger partial charge on any atom is 0.251 e. The molecule has 15 unspecified atom stereocenters. The van der Waals surface area contributed by atoms with Crippen molar-refractivity contribution in [1.82, 2.24) is 26.6 Å². The number of hydrogen-bond donors (Lipinski definition) is 18. The number of amides is 5. The molecular formula is C63H99N5O31. The van der Waals surface area contributed by atoms with Crippen LogP contribution >= 0.6 is 0 Å². The number of unbranched alkanes of at least 4 members (excludes halogenated alkanes) is 5. The highest BCUT2D eigenvalue weighted by molar-refractivity contribution is 5.94. The Morgan fingerprint density at radius 2 is 0.899 bits per heavy atom. The molecule has 36 nitrogen and oxygen atoms in total. The molecule has 0 saturated carbocycles. The van der Waals surface area contributed by atoms with Crippen molar-refractivity contribution in [3.05, 3.63) is 29.8 Å². The third-order valence-corrected chi connectivity index (χ3v) is 17.6. The molecule has 99 heavy (non-hydrogen) atoms. The molecule has 30 atom stereocenters. The summed E-state index contributed by atoms with van der Waals surface area (Å²) in [7, 11) is 1.21. The Bertz CT molecular complexity index is 2790. The Balaban J connectivity index is 1.07. The fourth-order valence-electron chi connectivity index (χ4n) is 12.5. The van der Waals surface area contributed by atoms with Gasteiger partial charge in [0.05, 0.1) is 45.7 Å². The van der Waals surface area contributed by atoms with E-state index in [0.717, 1.165) is 59.8 Å². The van der Waals surface area contributed by atoms with Gasteiger partial charge in [-0.05, 0) is 38.0 Å². The van der Waals surface area contributed by atoms with Gasteiger partial charge in [0.1, 0.15) is 146 Å². The first kappa shape index (κ1) is 81.2. The number of ether oxygens (including phenoxy) is 13. The second kappa shape index (κ2) is 38.4. The standard InChI is InChI=1S/C63H99N5O31/c1-8-9-10-11-12-13-14-15-16-20-88-33-19-17-18-32(21-33)57(85)68-40-46(79)45(78)34(22-69)92-59(40)96-52-35(23-70)93-60(41(48(52)81)65-29(4)74)97-53-36(24-71)94-61(42(49(53)82)66-30(5)75)98-54-37(25-72)95-62(43(50(54)83)67-31(6)76)99-55-38(91-58(86)39(47(55)80)64-28(3)73)26-89-63-56(87-7)51(84)44(77)27(2)90-63/h17-19,21,27,34-56,58-63,69-72,77-84,86H,8-12,15-16,20,22-26H2,1-7H3,(H,64,73)(H,65,74)(H,66,75)(H,67,76)(H,68,85)/t27?,34?,35-,36?,37-,38?,39-,40-,41?,42-,43?,44?,45+,46+,47+,48?,49?,50?,51-,52+,53+,54+,55?,56+,58?,59?,60?,61-,62?,63+/m0/s1. The third-order valence-electron chi connectivity index (χ3n) is 17.6. The summed E-state index contributed by atoms with van der Waals surface area (Å²) < 4.78 is 77.9. The van der Waals surface area contributed by atoms with Crippen molar-refractivity contribution >= 4 is 29.5 Å². The lowest BCUT2D eigenvalue weighted by molar-refractivity contribution is -0.368. The van der Waals surface area contributed by atoms with Gasteiger partial charge in [-0.25, -0.2) is 0 Å². The number of carbonyl (C=O) groups excluding carboxylic acids is 5. The number of aliphatic hydroxyl groups is 13. The van der Waals surface area contributed by atoms with Crippen molar-refractivity contribution in [1.29, 1.82) is 0 Å². The summed E-state index contributed by atoms with van der Waals surface area (Å²) >= 11 is 0. The fourth-order valence-corrected chi connectivity index (χ4v) is 12.5. The molecule has 18 N–H and O–H groups in total. The van der Waals surface area contributed by atoms with Gasteiger partial charge in [0.25, 0.3) is 5.91 Å². The summed E-state index contributed by atoms with van der Waals surface area (Å²) in [6, 6.07) is -2.53. The van der Waals surface area contributed by atoms with Gasteiger partial charge in [0.2, 0.25) is 23.6 Å². The Kier molecular flexibility index (Phi) is 31.5. The van der Waals surface area contributed by atoms with E-state index in [1.54, 1.807) is 12.1 Å². The largest absolute Gasteiger partial charge is 0.494 e. The van der Waals surface area contributed by atoms with Crippen LogP contribution < -0.4 is 31.3 Å². The molecule has 0 aromatic heterocycles. The van der Waals surface area contributed by atoms with E-state index < -0.39 is 246 Å². The monoisotopic (exact) mass is 1420 g/mol. The maximum absolute atomic E-state index is 13.9. The summed E-state index contributed by atoms with van der Waals surface area (Å²) in [5.41, 5.74) is 0.0342. The van der Waals surface area contributed by atoms with Crippen molar-refractivity contribution in [2.24, 2.45) is 0 Å². The smallest absolute Gasteiger partial charge is 0.251 e. The van der Waals surface area contributed by atoms with E-state index in [9.17, 15) is 90.4 Å². The number of rotatable bonds is 30. The molecule has 0 radical (unpaired) electrons. The molecule has 0 bridgehead atoms. The van der Waals surface area contributed by atoms with Gasteiger partial charge in [-0.3, -0.25) is 24.0 Å². The summed E-state index contributed by atoms with van der Waals surface area (Å²) in [6.07, 6.45) is -37.0. The van der Waals surface area contributed by atoms with Crippen molar-refractivity contribution in [3.8, 4) is 17.6 Å². The number of benzene rings is 1. The summed E-state index contributed by atoms with van der Waals surface area (Å²) in [5.74, 6) is 2.59. The predicted octanol–water partition coefficient (Wildman–Crippen LogP) is -7.27. The number of methoxy groups -OCH3 is 1. The zero-order valence-electron chi connectivity index (χ0n) is 56.0. The van der Waals surface area contributed by atoms with Gasteiger partial charge >= 0.3 is 0 Å². The van der Waals surface area contributed by atoms with Crippen LogP contribution in [-0.4, -0.2) is 327 Å². The van der Waals surface area contributed by atoms with Crippen LogP contribution in [0, 0.1) is 11.8 Å². The lowest BCUT2D eigenvalue weighted by Crippen LogP contribution is -2.72. The van der Waals surface area contributed by atoms with E-state index >= 15 is 0 Å². The van der Waals surface area contributed by atoms with Crippen LogP contribution in [0.3, 0.4) is 0 Å². The highest BCUT2D eigenvalue weighted by atomic mass is 16.8. The first-order valence-electron chi connectivity index (χ1n) is 33.0. The molecule has 0 aliphatic carbocycles. The number of carbonyl (C=O) groups is 5. The molecule has 6 fully saturated rings. The summed E-state index contributed by atoms with van der Waals surface area (Å²) in [6.45, 7) is 3.43. The molecule has 5 amide bonds. The minimum absolute atomic E-state index is 0.0342. The SMILES string of the molecule is CCCCCCC#CCCCOc1cccc(C(=O)N[C@@H]2C(O[C@H]3C(O)C(NC(C)=O)C(O[C@@H]4C(CO)O[C@@H](O[C@H]5C(O)C(NC(C)=O)C(OC6C(CO[C@@H]7OC(C)C(O)[C@H](O)[C@H]7OC)OC(O)[C@@H](NC(C)=O)[C@H]6O)O[C@H]5CO)[C@@H](NC(C)=O)C4O)O[C@H]3CO)OC(CO)[C@@H](O)[C@@H]2O)c1. The van der Waals surface area contributed by atoms with Gasteiger partial charge in [-0.15, -0.1) is 11.8 Å². The minimum Gasteiger partial charge on any atom is -0.494 e. The zero-order valence-corrected chi connectivity index (χ0v) is 56.0. The predicted molar refractivity (Wildman–Crippen MR) is 332 cm³/mol. The van der Waals surface area contributed by atoms with Crippen LogP contribution in [0.5, 0.6) is 5.75 Å². The minimum atomic E-state index is -2.07. The first-order chi connectivity index (χ1) is 47.2. The Labute approximate surface area is 571 Å². The van der Waals surface area contributed by atoms with Crippen LogP contribution in [0.15, 0.2) is 24.3 Å². The van der Waals surface area contributed by atoms with E-state index in [2.05, 4.69) is 45.3 Å². The van der Waals surface area contributed by atoms with E-state index in [0.29, 0.717) is 18.6 Å². The summed E-state index contributed by atoms with van der Waals surface area (Å²) in [5, 5.41) is 158. The first-order valence-corrected chi connectivity index (χ1v) is 33.0. The van der Waals surface area contributed by atoms with Crippen molar-refractivity contribution < 1.29 is 152 Å². The fraction of sp³-hybridized carbons (Fsp3) is 0.794. The number of aliphatic hydroxyl groups excluding tert-OH is 13. The molecular weight excluding hydrogens is 1320 g/mol. The van der Waals surface area contributed by atoms with Crippen LogP contribution in [0.25, 0.3) is 0 Å². The highest BCUT2D eigenvalue weighted by Gasteiger charge is 2.58. The molecule has 7 rings (SSSR count). The molecule has 36 heteroatoms. The molecule has 6 aliphatic heterocycles. The van der Waals surface area contributed by atoms with Crippen LogP contribution in [0.1, 0.15) is 96.8 Å². The van der Waals surface area contributed by atoms with Crippen molar-refractivity contribution in [2.75, 3.05) is 46.8 Å². The molecule has 6 heterocycles. The van der Waals surface area contributed by atoms with Crippen molar-refractivity contribution in [2.45, 2.75) is 270 Å². The van der Waals surface area contributed by atoms with E-state index in [-0.39, 0.29) is 12.2 Å². The third kappa shape index (κ3) is 20.9. The molecule has 562 valence electrons. The van der Waals surface area contributed by atoms with Gasteiger partial charge in [0, 0.05) is 53.2 Å². The van der Waals surface area contributed by atoms with Gasteiger partial charge in [-0.2, -0.15) is 0 Å². The van der Waals surface area contributed by atoms with Gasteiger partial charge in [0.15, 0.2) is 37.7 Å². The highest BCUT2D eigenvalue weighted by Crippen LogP contribution is 2.37. The normalized spacial score (nSPS) is 39.4. The van der Waals surface area contributed by atoms with Crippen LogP contribution in [0.4, 0.5) is 0 Å².